The largest absolute Gasteiger partial charge is 0.334 e. The molecule has 3 heterocycles. The van der Waals surface area contributed by atoms with Crippen molar-refractivity contribution >= 4 is 17.6 Å². The van der Waals surface area contributed by atoms with Crippen molar-refractivity contribution < 1.29 is 4.79 Å². The van der Waals surface area contributed by atoms with Crippen molar-refractivity contribution in [1.82, 2.24) is 29.1 Å². The second kappa shape index (κ2) is 5.92. The van der Waals surface area contributed by atoms with Crippen molar-refractivity contribution in [2.75, 3.05) is 5.32 Å². The van der Waals surface area contributed by atoms with Gasteiger partial charge in [-0.15, -0.1) is 10.2 Å². The van der Waals surface area contributed by atoms with E-state index in [1.165, 1.54) is 0 Å². The number of carbonyl (C=O) groups is 1. The first-order chi connectivity index (χ1) is 10.7. The zero-order valence-electron chi connectivity index (χ0n) is 12.5. The standard InChI is InChI=1S/C14H17N7O/c1-3-11-15-6-9-20(11)7-5-12(22)17-14-19-18-13-16-10(2)4-8-21(13)14/h4,6,8-9H,3,5,7H2,1-2H3,(H,17,19,22). The molecular formula is C14H17N7O. The third kappa shape index (κ3) is 2.80. The van der Waals surface area contributed by atoms with Gasteiger partial charge in [0.1, 0.15) is 5.82 Å². The van der Waals surface area contributed by atoms with Crippen LogP contribution >= 0.6 is 0 Å². The molecule has 114 valence electrons. The minimum Gasteiger partial charge on any atom is -0.334 e. The highest BCUT2D eigenvalue weighted by molar-refractivity contribution is 5.89. The highest BCUT2D eigenvalue weighted by atomic mass is 16.1. The molecule has 0 aliphatic carbocycles. The number of imidazole rings is 1. The number of fused-ring (bicyclic) bond motifs is 1. The van der Waals surface area contributed by atoms with Crippen molar-refractivity contribution in [3.63, 3.8) is 0 Å². The summed E-state index contributed by atoms with van der Waals surface area (Å²) in [6.07, 6.45) is 6.60. The third-order valence-electron chi connectivity index (χ3n) is 3.37. The number of nitrogens with zero attached hydrogens (tertiary/aromatic N) is 6. The van der Waals surface area contributed by atoms with E-state index in [1.54, 1.807) is 16.8 Å². The van der Waals surface area contributed by atoms with Crippen LogP contribution in [0.3, 0.4) is 0 Å². The van der Waals surface area contributed by atoms with Crippen molar-refractivity contribution in [1.29, 1.82) is 0 Å². The van der Waals surface area contributed by atoms with E-state index >= 15 is 0 Å². The topological polar surface area (TPSA) is 90.0 Å². The number of aromatic nitrogens is 6. The molecule has 0 spiro atoms. The van der Waals surface area contributed by atoms with E-state index in [-0.39, 0.29) is 5.91 Å². The maximum atomic E-state index is 12.1. The van der Waals surface area contributed by atoms with E-state index in [4.69, 9.17) is 0 Å². The Labute approximate surface area is 127 Å². The fraction of sp³-hybridized carbons (Fsp3) is 0.357. The van der Waals surface area contributed by atoms with Gasteiger partial charge in [-0.1, -0.05) is 6.92 Å². The molecule has 0 radical (unpaired) electrons. The lowest BCUT2D eigenvalue weighted by atomic mass is 10.3. The number of rotatable bonds is 5. The Hall–Kier alpha value is -2.77. The SMILES string of the molecule is CCc1nccn1CCC(=O)Nc1nnc2nc(C)ccn12. The van der Waals surface area contributed by atoms with Gasteiger partial charge in [0.2, 0.25) is 11.9 Å². The Balaban J connectivity index is 1.66. The van der Waals surface area contributed by atoms with Crippen molar-refractivity contribution in [3.8, 4) is 0 Å². The zero-order valence-corrected chi connectivity index (χ0v) is 12.5. The maximum Gasteiger partial charge on any atom is 0.256 e. The van der Waals surface area contributed by atoms with Crippen LogP contribution in [0.5, 0.6) is 0 Å². The molecule has 0 aliphatic rings. The molecule has 0 atom stereocenters. The normalized spacial score (nSPS) is 11.0. The van der Waals surface area contributed by atoms with Gasteiger partial charge >= 0.3 is 0 Å². The van der Waals surface area contributed by atoms with Gasteiger partial charge < -0.3 is 4.57 Å². The summed E-state index contributed by atoms with van der Waals surface area (Å²) < 4.78 is 3.63. The van der Waals surface area contributed by atoms with Crippen molar-refractivity contribution in [2.24, 2.45) is 0 Å². The van der Waals surface area contributed by atoms with E-state index in [0.717, 1.165) is 17.9 Å². The molecule has 3 rings (SSSR count). The van der Waals surface area contributed by atoms with Crippen LogP contribution in [-0.4, -0.2) is 35.0 Å². The lowest BCUT2D eigenvalue weighted by molar-refractivity contribution is -0.116. The summed E-state index contributed by atoms with van der Waals surface area (Å²) in [5, 5.41) is 10.7. The number of aryl methyl sites for hydroxylation is 3. The first-order valence-electron chi connectivity index (χ1n) is 7.15. The molecule has 0 aromatic carbocycles. The second-order valence-electron chi connectivity index (χ2n) is 4.95. The summed E-state index contributed by atoms with van der Waals surface area (Å²) in [5.41, 5.74) is 0.852. The van der Waals surface area contributed by atoms with Gasteiger partial charge in [0, 0.05) is 43.7 Å². The number of anilines is 1. The Morgan fingerprint density at radius 3 is 3.00 bits per heavy atom. The number of amides is 1. The number of nitrogens with one attached hydrogen (secondary N) is 1. The van der Waals surface area contributed by atoms with Gasteiger partial charge in [0.05, 0.1) is 0 Å². The summed E-state index contributed by atoms with van der Waals surface area (Å²) >= 11 is 0. The average Bonchev–Trinajstić information content (AvgIpc) is 3.11. The highest BCUT2D eigenvalue weighted by Crippen LogP contribution is 2.08. The van der Waals surface area contributed by atoms with E-state index in [1.807, 2.05) is 30.7 Å². The first-order valence-corrected chi connectivity index (χ1v) is 7.15. The van der Waals surface area contributed by atoms with Crippen molar-refractivity contribution in [2.45, 2.75) is 33.2 Å². The van der Waals surface area contributed by atoms with E-state index in [2.05, 4.69) is 25.5 Å². The maximum absolute atomic E-state index is 12.1. The zero-order chi connectivity index (χ0) is 15.5. The number of hydrogen-bond acceptors (Lipinski definition) is 5. The molecule has 8 heteroatoms. The first kappa shape index (κ1) is 14.2. The fourth-order valence-corrected chi connectivity index (χ4v) is 2.23. The molecule has 0 saturated heterocycles. The van der Waals surface area contributed by atoms with Gasteiger partial charge in [-0.05, 0) is 13.0 Å². The predicted molar refractivity (Wildman–Crippen MR) is 80.4 cm³/mol. The summed E-state index contributed by atoms with van der Waals surface area (Å²) in [7, 11) is 0. The minimum absolute atomic E-state index is 0.120. The van der Waals surface area contributed by atoms with Crippen LogP contribution in [0.1, 0.15) is 24.9 Å². The lowest BCUT2D eigenvalue weighted by Crippen LogP contribution is -2.17. The van der Waals surface area contributed by atoms with Crippen LogP contribution in [0, 0.1) is 6.92 Å². The molecule has 1 amide bonds. The van der Waals surface area contributed by atoms with Gasteiger partial charge in [0.25, 0.3) is 5.78 Å². The summed E-state index contributed by atoms with van der Waals surface area (Å²) in [6, 6.07) is 1.84. The summed E-state index contributed by atoms with van der Waals surface area (Å²) in [5.74, 6) is 1.71. The Kier molecular flexibility index (Phi) is 3.82. The van der Waals surface area contributed by atoms with E-state index < -0.39 is 0 Å². The fourth-order valence-electron chi connectivity index (χ4n) is 2.23. The van der Waals surface area contributed by atoms with Crippen LogP contribution in [0.2, 0.25) is 0 Å². The average molecular weight is 299 g/mol. The number of hydrogen-bond donors (Lipinski definition) is 1. The van der Waals surface area contributed by atoms with Crippen LogP contribution in [-0.2, 0) is 17.8 Å². The monoisotopic (exact) mass is 299 g/mol. The van der Waals surface area contributed by atoms with Gasteiger partial charge in [0.15, 0.2) is 0 Å². The molecule has 0 saturated carbocycles. The van der Waals surface area contributed by atoms with Gasteiger partial charge in [-0.25, -0.2) is 9.97 Å². The number of carbonyl (C=O) groups excluding carboxylic acids is 1. The molecule has 1 N–H and O–H groups in total. The predicted octanol–water partition coefficient (Wildman–Crippen LogP) is 1.22. The molecule has 8 nitrogen and oxygen atoms in total. The molecule has 0 bridgehead atoms. The second-order valence-corrected chi connectivity index (χ2v) is 4.95. The Bertz CT molecular complexity index is 804. The molecule has 0 unspecified atom stereocenters. The van der Waals surface area contributed by atoms with E-state index in [0.29, 0.717) is 24.7 Å². The quantitative estimate of drug-likeness (QED) is 0.765. The van der Waals surface area contributed by atoms with Crippen LogP contribution in [0.25, 0.3) is 5.78 Å². The molecule has 0 fully saturated rings. The molecule has 3 aromatic rings. The van der Waals surface area contributed by atoms with Gasteiger partial charge in [-0.3, -0.25) is 14.5 Å². The van der Waals surface area contributed by atoms with Crippen LogP contribution in [0.15, 0.2) is 24.7 Å². The van der Waals surface area contributed by atoms with Crippen molar-refractivity contribution in [3.05, 3.63) is 36.2 Å². The minimum atomic E-state index is -0.120. The van der Waals surface area contributed by atoms with Gasteiger partial charge in [-0.2, -0.15) is 0 Å². The molecule has 22 heavy (non-hydrogen) atoms. The Morgan fingerprint density at radius 1 is 1.32 bits per heavy atom. The summed E-state index contributed by atoms with van der Waals surface area (Å²) in [6.45, 7) is 4.50. The molecule has 0 aliphatic heterocycles. The lowest BCUT2D eigenvalue weighted by Gasteiger charge is -2.06. The Morgan fingerprint density at radius 2 is 2.18 bits per heavy atom. The molecule has 3 aromatic heterocycles. The summed E-state index contributed by atoms with van der Waals surface area (Å²) in [4.78, 5) is 20.5. The third-order valence-corrected chi connectivity index (χ3v) is 3.37. The molecular weight excluding hydrogens is 282 g/mol. The smallest absolute Gasteiger partial charge is 0.256 e. The van der Waals surface area contributed by atoms with E-state index in [9.17, 15) is 4.79 Å². The van der Waals surface area contributed by atoms with Crippen LogP contribution in [0.4, 0.5) is 5.95 Å². The van der Waals surface area contributed by atoms with Crippen LogP contribution < -0.4 is 5.32 Å². The highest BCUT2D eigenvalue weighted by Gasteiger charge is 2.10.